The molecule has 1 aromatic rings. The third kappa shape index (κ3) is 3.35. The van der Waals surface area contributed by atoms with Gasteiger partial charge in [-0.05, 0) is 56.5 Å². The molecule has 118 valence electrons. The van der Waals surface area contributed by atoms with Crippen molar-refractivity contribution in [2.75, 3.05) is 6.54 Å². The summed E-state index contributed by atoms with van der Waals surface area (Å²) in [5.41, 5.74) is 0. The van der Waals surface area contributed by atoms with Crippen LogP contribution >= 0.6 is 11.3 Å². The van der Waals surface area contributed by atoms with Crippen molar-refractivity contribution in [1.82, 2.24) is 10.2 Å². The Kier molecular flexibility index (Phi) is 5.36. The third-order valence-electron chi connectivity index (χ3n) is 5.33. The van der Waals surface area contributed by atoms with E-state index in [9.17, 15) is 0 Å². The molecule has 0 radical (unpaired) electrons. The van der Waals surface area contributed by atoms with Crippen molar-refractivity contribution < 1.29 is 0 Å². The molecule has 0 spiro atoms. The zero-order valence-electron chi connectivity index (χ0n) is 13.6. The van der Waals surface area contributed by atoms with Crippen LogP contribution in [-0.4, -0.2) is 29.6 Å². The summed E-state index contributed by atoms with van der Waals surface area (Å²) in [4.78, 5) is 4.48. The van der Waals surface area contributed by atoms with Crippen molar-refractivity contribution in [1.29, 1.82) is 0 Å². The van der Waals surface area contributed by atoms with Crippen LogP contribution < -0.4 is 5.32 Å². The van der Waals surface area contributed by atoms with Crippen molar-refractivity contribution in [3.8, 4) is 0 Å². The quantitative estimate of drug-likeness (QED) is 0.827. The summed E-state index contributed by atoms with van der Waals surface area (Å²) in [7, 11) is 0. The van der Waals surface area contributed by atoms with E-state index < -0.39 is 0 Å². The fourth-order valence-corrected chi connectivity index (χ4v) is 5.40. The molecule has 2 saturated heterocycles. The van der Waals surface area contributed by atoms with E-state index in [2.05, 4.69) is 41.6 Å². The minimum atomic E-state index is 0.660. The first kappa shape index (κ1) is 15.5. The Bertz CT molecular complexity index is 403. The number of hydrogen-bond donors (Lipinski definition) is 1. The standard InChI is InChI=1S/C18H30N2S/c1-3-10-19-14-12-15-7-5-8-16(13-14)20(15)17(4-2)18-9-6-11-21-18/h6,9,11,14-17,19H,3-5,7-8,10,12-13H2,1-2H3. The first-order valence-corrected chi connectivity index (χ1v) is 9.75. The molecule has 2 nitrogen and oxygen atoms in total. The molecule has 3 unspecified atom stereocenters. The van der Waals surface area contributed by atoms with Gasteiger partial charge in [0, 0.05) is 29.0 Å². The normalized spacial score (nSPS) is 31.2. The Hall–Kier alpha value is -0.380. The van der Waals surface area contributed by atoms with Gasteiger partial charge >= 0.3 is 0 Å². The number of fused-ring (bicyclic) bond motifs is 2. The zero-order valence-corrected chi connectivity index (χ0v) is 14.4. The van der Waals surface area contributed by atoms with Gasteiger partial charge in [0.1, 0.15) is 0 Å². The van der Waals surface area contributed by atoms with Crippen molar-refractivity contribution in [2.45, 2.75) is 83.0 Å². The fourth-order valence-electron chi connectivity index (χ4n) is 4.48. The molecule has 21 heavy (non-hydrogen) atoms. The maximum atomic E-state index is 3.79. The largest absolute Gasteiger partial charge is 0.314 e. The monoisotopic (exact) mass is 306 g/mol. The van der Waals surface area contributed by atoms with Gasteiger partial charge in [-0.1, -0.05) is 26.3 Å². The van der Waals surface area contributed by atoms with Gasteiger partial charge in [0.2, 0.25) is 0 Å². The van der Waals surface area contributed by atoms with Gasteiger partial charge in [-0.15, -0.1) is 11.3 Å². The second kappa shape index (κ2) is 7.26. The minimum absolute atomic E-state index is 0.660. The summed E-state index contributed by atoms with van der Waals surface area (Å²) in [5.74, 6) is 0. The predicted molar refractivity (Wildman–Crippen MR) is 91.9 cm³/mol. The number of nitrogens with zero attached hydrogens (tertiary/aromatic N) is 1. The van der Waals surface area contributed by atoms with Crippen LogP contribution in [0.15, 0.2) is 17.5 Å². The predicted octanol–water partition coefficient (Wildman–Crippen LogP) is 4.58. The van der Waals surface area contributed by atoms with Crippen LogP contribution in [0.1, 0.15) is 69.7 Å². The van der Waals surface area contributed by atoms with Gasteiger partial charge in [-0.2, -0.15) is 0 Å². The number of hydrogen-bond acceptors (Lipinski definition) is 3. The molecule has 2 aliphatic heterocycles. The molecule has 0 aliphatic carbocycles. The van der Waals surface area contributed by atoms with Crippen LogP contribution in [-0.2, 0) is 0 Å². The molecule has 0 amide bonds. The van der Waals surface area contributed by atoms with Crippen LogP contribution in [0, 0.1) is 0 Å². The SMILES string of the molecule is CCCNC1CC2CCCC(C1)N2C(CC)c1cccs1. The van der Waals surface area contributed by atoms with Crippen LogP contribution in [0.25, 0.3) is 0 Å². The molecule has 1 N–H and O–H groups in total. The number of thiophene rings is 1. The highest BCUT2D eigenvalue weighted by molar-refractivity contribution is 7.10. The lowest BCUT2D eigenvalue weighted by molar-refractivity contribution is -0.0121. The van der Waals surface area contributed by atoms with E-state index in [1.807, 2.05) is 11.3 Å². The van der Waals surface area contributed by atoms with Crippen molar-refractivity contribution in [3.63, 3.8) is 0 Å². The average Bonchev–Trinajstić information content (AvgIpc) is 3.00. The molecule has 2 aliphatic rings. The van der Waals surface area contributed by atoms with E-state index >= 15 is 0 Å². The average molecular weight is 307 g/mol. The van der Waals surface area contributed by atoms with Crippen LogP contribution in [0.4, 0.5) is 0 Å². The molecule has 2 bridgehead atoms. The van der Waals surface area contributed by atoms with Crippen molar-refractivity contribution in [3.05, 3.63) is 22.4 Å². The highest BCUT2D eigenvalue weighted by atomic mass is 32.1. The Balaban J connectivity index is 1.73. The first-order valence-electron chi connectivity index (χ1n) is 8.87. The Labute approximate surface area is 133 Å². The van der Waals surface area contributed by atoms with Crippen LogP contribution in [0.3, 0.4) is 0 Å². The lowest BCUT2D eigenvalue weighted by Crippen LogP contribution is -2.57. The summed E-state index contributed by atoms with van der Waals surface area (Å²) in [5, 5.41) is 6.03. The molecule has 0 saturated carbocycles. The Morgan fingerprint density at radius 1 is 1.29 bits per heavy atom. The molecule has 0 aromatic carbocycles. The summed E-state index contributed by atoms with van der Waals surface area (Å²) in [6.45, 7) is 5.82. The molecule has 3 heterocycles. The molecular formula is C18H30N2S. The summed E-state index contributed by atoms with van der Waals surface area (Å²) in [6.07, 6.45) is 9.47. The Morgan fingerprint density at radius 2 is 2.05 bits per heavy atom. The molecule has 2 fully saturated rings. The third-order valence-corrected chi connectivity index (χ3v) is 6.31. The van der Waals surface area contributed by atoms with Gasteiger partial charge in [0.15, 0.2) is 0 Å². The Morgan fingerprint density at radius 3 is 2.62 bits per heavy atom. The second-order valence-corrected chi connectivity index (χ2v) is 7.73. The first-order chi connectivity index (χ1) is 10.3. The van der Waals surface area contributed by atoms with Gasteiger partial charge in [0.05, 0.1) is 0 Å². The highest BCUT2D eigenvalue weighted by Gasteiger charge is 2.41. The molecule has 3 atom stereocenters. The highest BCUT2D eigenvalue weighted by Crippen LogP contribution is 2.42. The summed E-state index contributed by atoms with van der Waals surface area (Å²) in [6, 6.07) is 7.59. The molecular weight excluding hydrogens is 276 g/mol. The van der Waals surface area contributed by atoms with E-state index in [1.54, 1.807) is 4.88 Å². The fraction of sp³-hybridized carbons (Fsp3) is 0.778. The van der Waals surface area contributed by atoms with Crippen molar-refractivity contribution in [2.24, 2.45) is 0 Å². The van der Waals surface area contributed by atoms with Crippen LogP contribution in [0.2, 0.25) is 0 Å². The zero-order chi connectivity index (χ0) is 14.7. The summed E-state index contributed by atoms with van der Waals surface area (Å²) < 4.78 is 0. The second-order valence-electron chi connectivity index (χ2n) is 6.75. The van der Waals surface area contributed by atoms with E-state index in [1.165, 1.54) is 51.5 Å². The van der Waals surface area contributed by atoms with Gasteiger partial charge < -0.3 is 5.32 Å². The molecule has 3 rings (SSSR count). The summed E-state index contributed by atoms with van der Waals surface area (Å²) >= 11 is 1.95. The molecule has 1 aromatic heterocycles. The lowest BCUT2D eigenvalue weighted by Gasteiger charge is -2.52. The number of nitrogens with one attached hydrogen (secondary N) is 1. The van der Waals surface area contributed by atoms with E-state index in [0.717, 1.165) is 18.1 Å². The number of piperidine rings is 2. The lowest BCUT2D eigenvalue weighted by atomic mass is 9.80. The number of rotatable bonds is 6. The van der Waals surface area contributed by atoms with E-state index in [4.69, 9.17) is 0 Å². The van der Waals surface area contributed by atoms with E-state index in [-0.39, 0.29) is 0 Å². The van der Waals surface area contributed by atoms with Crippen molar-refractivity contribution >= 4 is 11.3 Å². The van der Waals surface area contributed by atoms with E-state index in [0.29, 0.717) is 6.04 Å². The van der Waals surface area contributed by atoms with Gasteiger partial charge in [-0.3, -0.25) is 4.90 Å². The molecule has 3 heteroatoms. The minimum Gasteiger partial charge on any atom is -0.314 e. The maximum absolute atomic E-state index is 3.79. The van der Waals surface area contributed by atoms with Gasteiger partial charge in [0.25, 0.3) is 0 Å². The smallest absolute Gasteiger partial charge is 0.0444 e. The van der Waals surface area contributed by atoms with Gasteiger partial charge in [-0.25, -0.2) is 0 Å². The van der Waals surface area contributed by atoms with Crippen LogP contribution in [0.5, 0.6) is 0 Å². The topological polar surface area (TPSA) is 15.3 Å². The maximum Gasteiger partial charge on any atom is 0.0444 e.